The fraction of sp³-hybridized carbons (Fsp3) is 0.562. The SMILES string of the molecule is CCC(C)NCc1cc(C)c(OCC(=O)OC)c(C)c1. The summed E-state index contributed by atoms with van der Waals surface area (Å²) >= 11 is 0. The fourth-order valence-corrected chi connectivity index (χ4v) is 2.00. The standard InChI is InChI=1S/C16H25NO3/c1-6-13(4)17-9-14-7-11(2)16(12(3)8-14)20-10-15(18)19-5/h7-8,13,17H,6,9-10H2,1-5H3. The van der Waals surface area contributed by atoms with Gasteiger partial charge in [0, 0.05) is 12.6 Å². The van der Waals surface area contributed by atoms with Crippen LogP contribution < -0.4 is 10.1 Å². The highest BCUT2D eigenvalue weighted by Gasteiger charge is 2.09. The van der Waals surface area contributed by atoms with E-state index in [-0.39, 0.29) is 12.6 Å². The molecule has 1 rings (SSSR count). The van der Waals surface area contributed by atoms with Crippen molar-refractivity contribution < 1.29 is 14.3 Å². The van der Waals surface area contributed by atoms with Gasteiger partial charge in [-0.05, 0) is 43.9 Å². The summed E-state index contributed by atoms with van der Waals surface area (Å²) < 4.78 is 10.1. The van der Waals surface area contributed by atoms with Crippen LogP contribution in [-0.2, 0) is 16.1 Å². The van der Waals surface area contributed by atoms with E-state index in [4.69, 9.17) is 4.74 Å². The Kier molecular flexibility index (Phi) is 6.52. The Bertz CT molecular complexity index is 434. The lowest BCUT2D eigenvalue weighted by Crippen LogP contribution is -2.24. The summed E-state index contributed by atoms with van der Waals surface area (Å²) in [5, 5.41) is 3.47. The van der Waals surface area contributed by atoms with E-state index in [1.54, 1.807) is 0 Å². The molecule has 0 aromatic heterocycles. The van der Waals surface area contributed by atoms with E-state index in [2.05, 4.69) is 36.0 Å². The van der Waals surface area contributed by atoms with Gasteiger partial charge in [-0.1, -0.05) is 19.1 Å². The number of carbonyl (C=O) groups excluding carboxylic acids is 1. The molecule has 1 aromatic rings. The van der Waals surface area contributed by atoms with E-state index >= 15 is 0 Å². The fourth-order valence-electron chi connectivity index (χ4n) is 2.00. The third-order valence-corrected chi connectivity index (χ3v) is 3.35. The monoisotopic (exact) mass is 279 g/mol. The summed E-state index contributed by atoms with van der Waals surface area (Å²) in [5.41, 5.74) is 3.30. The highest BCUT2D eigenvalue weighted by atomic mass is 16.6. The van der Waals surface area contributed by atoms with Gasteiger partial charge in [-0.2, -0.15) is 0 Å². The lowest BCUT2D eigenvalue weighted by atomic mass is 10.1. The number of hydrogen-bond acceptors (Lipinski definition) is 4. The van der Waals surface area contributed by atoms with Gasteiger partial charge in [-0.25, -0.2) is 4.79 Å². The van der Waals surface area contributed by atoms with Gasteiger partial charge >= 0.3 is 5.97 Å². The lowest BCUT2D eigenvalue weighted by Gasteiger charge is -2.15. The van der Waals surface area contributed by atoms with Gasteiger partial charge in [-0.15, -0.1) is 0 Å². The van der Waals surface area contributed by atoms with Crippen LogP contribution in [0.25, 0.3) is 0 Å². The van der Waals surface area contributed by atoms with Crippen molar-refractivity contribution in [1.29, 1.82) is 0 Å². The Morgan fingerprint density at radius 2 is 1.90 bits per heavy atom. The van der Waals surface area contributed by atoms with E-state index in [1.165, 1.54) is 12.7 Å². The molecule has 0 saturated heterocycles. The number of carbonyl (C=O) groups is 1. The number of methoxy groups -OCH3 is 1. The van der Waals surface area contributed by atoms with E-state index in [0.29, 0.717) is 6.04 Å². The average Bonchev–Trinajstić information content (AvgIpc) is 2.43. The van der Waals surface area contributed by atoms with Crippen LogP contribution in [0.1, 0.15) is 37.0 Å². The lowest BCUT2D eigenvalue weighted by molar-refractivity contribution is -0.142. The molecule has 0 spiro atoms. The van der Waals surface area contributed by atoms with Gasteiger partial charge in [0.05, 0.1) is 7.11 Å². The molecule has 4 nitrogen and oxygen atoms in total. The molecular formula is C16H25NO3. The summed E-state index contributed by atoms with van der Waals surface area (Å²) in [7, 11) is 1.36. The van der Waals surface area contributed by atoms with Crippen molar-refractivity contribution in [2.75, 3.05) is 13.7 Å². The molecule has 0 fully saturated rings. The van der Waals surface area contributed by atoms with Crippen LogP contribution in [0.15, 0.2) is 12.1 Å². The van der Waals surface area contributed by atoms with Gasteiger partial charge in [0.15, 0.2) is 6.61 Å². The van der Waals surface area contributed by atoms with Gasteiger partial charge in [0.2, 0.25) is 0 Å². The van der Waals surface area contributed by atoms with E-state index in [9.17, 15) is 4.79 Å². The Morgan fingerprint density at radius 1 is 1.30 bits per heavy atom. The molecule has 0 bridgehead atoms. The molecule has 0 heterocycles. The number of esters is 1. The maximum Gasteiger partial charge on any atom is 0.343 e. The van der Waals surface area contributed by atoms with Crippen LogP contribution in [0, 0.1) is 13.8 Å². The Labute approximate surface area is 121 Å². The average molecular weight is 279 g/mol. The van der Waals surface area contributed by atoms with Crippen molar-refractivity contribution in [3.05, 3.63) is 28.8 Å². The first-order chi connectivity index (χ1) is 9.47. The second-order valence-corrected chi connectivity index (χ2v) is 5.11. The summed E-state index contributed by atoms with van der Waals surface area (Å²) in [6, 6.07) is 4.69. The smallest absolute Gasteiger partial charge is 0.343 e. The zero-order valence-electron chi connectivity index (χ0n) is 13.1. The number of rotatable bonds is 7. The summed E-state index contributed by atoms with van der Waals surface area (Å²) in [5.74, 6) is 0.397. The van der Waals surface area contributed by atoms with Crippen LogP contribution in [0.2, 0.25) is 0 Å². The topological polar surface area (TPSA) is 47.6 Å². The van der Waals surface area contributed by atoms with Gasteiger partial charge < -0.3 is 14.8 Å². The molecule has 112 valence electrons. The quantitative estimate of drug-likeness (QED) is 0.780. The zero-order chi connectivity index (χ0) is 15.1. The molecule has 0 amide bonds. The van der Waals surface area contributed by atoms with Crippen molar-refractivity contribution in [1.82, 2.24) is 5.32 Å². The largest absolute Gasteiger partial charge is 0.481 e. The first-order valence-corrected chi connectivity index (χ1v) is 7.01. The second kappa shape index (κ2) is 7.90. The molecule has 0 radical (unpaired) electrons. The maximum atomic E-state index is 11.1. The number of benzene rings is 1. The van der Waals surface area contributed by atoms with Crippen LogP contribution in [0.5, 0.6) is 5.75 Å². The molecular weight excluding hydrogens is 254 g/mol. The first kappa shape index (κ1) is 16.5. The summed E-state index contributed by atoms with van der Waals surface area (Å²) in [6.45, 7) is 9.11. The van der Waals surface area contributed by atoms with Crippen molar-refractivity contribution in [3.63, 3.8) is 0 Å². The molecule has 1 aromatic carbocycles. The second-order valence-electron chi connectivity index (χ2n) is 5.11. The molecule has 0 saturated carbocycles. The predicted molar refractivity (Wildman–Crippen MR) is 80.0 cm³/mol. The van der Waals surface area contributed by atoms with E-state index < -0.39 is 0 Å². The highest BCUT2D eigenvalue weighted by molar-refractivity contribution is 5.71. The Balaban J connectivity index is 2.73. The molecule has 1 unspecified atom stereocenters. The minimum atomic E-state index is -0.369. The minimum absolute atomic E-state index is 0.0529. The van der Waals surface area contributed by atoms with E-state index in [1.807, 2.05) is 13.8 Å². The number of hydrogen-bond donors (Lipinski definition) is 1. The molecule has 0 aliphatic carbocycles. The van der Waals surface area contributed by atoms with Crippen LogP contribution in [-0.4, -0.2) is 25.7 Å². The van der Waals surface area contributed by atoms with Gasteiger partial charge in [-0.3, -0.25) is 0 Å². The third-order valence-electron chi connectivity index (χ3n) is 3.35. The van der Waals surface area contributed by atoms with Crippen LogP contribution in [0.3, 0.4) is 0 Å². The summed E-state index contributed by atoms with van der Waals surface area (Å²) in [6.07, 6.45) is 1.11. The number of ether oxygens (including phenoxy) is 2. The highest BCUT2D eigenvalue weighted by Crippen LogP contribution is 2.25. The van der Waals surface area contributed by atoms with Gasteiger partial charge in [0.25, 0.3) is 0 Å². The van der Waals surface area contributed by atoms with E-state index in [0.717, 1.165) is 29.8 Å². The van der Waals surface area contributed by atoms with Gasteiger partial charge in [0.1, 0.15) is 5.75 Å². The maximum absolute atomic E-state index is 11.1. The molecule has 4 heteroatoms. The van der Waals surface area contributed by atoms with Crippen molar-refractivity contribution in [2.45, 2.75) is 46.7 Å². The molecule has 20 heavy (non-hydrogen) atoms. The zero-order valence-corrected chi connectivity index (χ0v) is 13.1. The Morgan fingerprint density at radius 3 is 2.40 bits per heavy atom. The summed E-state index contributed by atoms with van der Waals surface area (Å²) in [4.78, 5) is 11.1. The Hall–Kier alpha value is -1.55. The minimum Gasteiger partial charge on any atom is -0.481 e. The number of nitrogens with one attached hydrogen (secondary N) is 1. The van der Waals surface area contributed by atoms with Crippen LogP contribution >= 0.6 is 0 Å². The number of aryl methyl sites for hydroxylation is 2. The normalized spacial score (nSPS) is 12.1. The molecule has 1 N–H and O–H groups in total. The third kappa shape index (κ3) is 4.85. The molecule has 0 aliphatic heterocycles. The van der Waals surface area contributed by atoms with Crippen LogP contribution in [0.4, 0.5) is 0 Å². The van der Waals surface area contributed by atoms with Crippen molar-refractivity contribution >= 4 is 5.97 Å². The molecule has 0 aliphatic rings. The predicted octanol–water partition coefficient (Wildman–Crippen LogP) is 2.74. The van der Waals surface area contributed by atoms with Crippen molar-refractivity contribution in [2.24, 2.45) is 0 Å². The van der Waals surface area contributed by atoms with Crippen molar-refractivity contribution in [3.8, 4) is 5.75 Å². The molecule has 1 atom stereocenters. The first-order valence-electron chi connectivity index (χ1n) is 7.01.